The quantitative estimate of drug-likeness (QED) is 0.213. The summed E-state index contributed by atoms with van der Waals surface area (Å²) < 4.78 is 12.5. The number of nitrogens with zero attached hydrogens (tertiary/aromatic N) is 3. The molecule has 0 aliphatic carbocycles. The van der Waals surface area contributed by atoms with Gasteiger partial charge in [-0.2, -0.15) is 5.10 Å². The van der Waals surface area contributed by atoms with E-state index in [0.29, 0.717) is 39.3 Å². The minimum Gasteiger partial charge on any atom is -0.497 e. The van der Waals surface area contributed by atoms with Crippen molar-refractivity contribution in [2.45, 2.75) is 13.8 Å². The van der Waals surface area contributed by atoms with Crippen molar-refractivity contribution in [3.63, 3.8) is 0 Å². The molecule has 0 radical (unpaired) electrons. The summed E-state index contributed by atoms with van der Waals surface area (Å²) in [6.07, 6.45) is 0. The van der Waals surface area contributed by atoms with Gasteiger partial charge in [-0.3, -0.25) is 4.79 Å². The van der Waals surface area contributed by atoms with Crippen LogP contribution in [0.4, 0.5) is 0 Å². The molecule has 0 atom stereocenters. The largest absolute Gasteiger partial charge is 0.497 e. The highest BCUT2D eigenvalue weighted by Gasteiger charge is 2.23. The summed E-state index contributed by atoms with van der Waals surface area (Å²) in [6, 6.07) is 25.9. The van der Waals surface area contributed by atoms with E-state index in [4.69, 9.17) is 14.5 Å². The van der Waals surface area contributed by atoms with Gasteiger partial charge < -0.3 is 9.47 Å². The maximum absolute atomic E-state index is 13.4. The molecule has 37 heavy (non-hydrogen) atoms. The molecule has 0 saturated heterocycles. The maximum atomic E-state index is 13.4. The Hall–Kier alpha value is -4.78. The van der Waals surface area contributed by atoms with Gasteiger partial charge in [0, 0.05) is 11.1 Å². The van der Waals surface area contributed by atoms with E-state index >= 15 is 0 Å². The van der Waals surface area contributed by atoms with Gasteiger partial charge in [0.2, 0.25) is 0 Å². The number of esters is 1. The van der Waals surface area contributed by atoms with Crippen LogP contribution in [0.2, 0.25) is 0 Å². The predicted octanol–water partition coefficient (Wildman–Crippen LogP) is 5.75. The summed E-state index contributed by atoms with van der Waals surface area (Å²) >= 11 is 0. The summed E-state index contributed by atoms with van der Waals surface area (Å²) in [4.78, 5) is 30.9. The molecule has 0 spiro atoms. The molecule has 0 fully saturated rings. The predicted molar refractivity (Wildman–Crippen MR) is 141 cm³/mol. The number of methoxy groups -OCH3 is 1. The van der Waals surface area contributed by atoms with Gasteiger partial charge in [-0.1, -0.05) is 48.0 Å². The van der Waals surface area contributed by atoms with Crippen molar-refractivity contribution in [1.29, 1.82) is 0 Å². The van der Waals surface area contributed by atoms with Crippen molar-refractivity contribution in [2.24, 2.45) is 0 Å². The van der Waals surface area contributed by atoms with Crippen molar-refractivity contribution in [3.05, 3.63) is 107 Å². The van der Waals surface area contributed by atoms with Crippen LogP contribution in [0.25, 0.3) is 28.0 Å². The highest BCUT2D eigenvalue weighted by atomic mass is 16.5. The van der Waals surface area contributed by atoms with Crippen molar-refractivity contribution >= 4 is 22.8 Å². The number of para-hydroxylation sites is 1. The molecule has 0 aliphatic rings. The first-order valence-corrected chi connectivity index (χ1v) is 11.8. The second kappa shape index (κ2) is 10.1. The van der Waals surface area contributed by atoms with Crippen LogP contribution in [0.1, 0.15) is 32.0 Å². The molecule has 0 unspecified atom stereocenters. The lowest BCUT2D eigenvalue weighted by Gasteiger charge is -2.10. The molecule has 5 rings (SSSR count). The minimum atomic E-state index is -0.613. The molecular weight excluding hydrogens is 466 g/mol. The zero-order valence-corrected chi connectivity index (χ0v) is 20.8. The number of hydrogen-bond acceptors (Lipinski definition) is 6. The first kappa shape index (κ1) is 23.9. The van der Waals surface area contributed by atoms with Crippen LogP contribution in [-0.2, 0) is 4.74 Å². The van der Waals surface area contributed by atoms with Gasteiger partial charge in [0.25, 0.3) is 0 Å². The lowest BCUT2D eigenvalue weighted by molar-refractivity contribution is 0.0476. The normalized spacial score (nSPS) is 10.9. The van der Waals surface area contributed by atoms with E-state index in [1.54, 1.807) is 30.0 Å². The van der Waals surface area contributed by atoms with Crippen molar-refractivity contribution in [3.8, 4) is 22.7 Å². The summed E-state index contributed by atoms with van der Waals surface area (Å²) in [5.74, 6) is -0.173. The fraction of sp³-hybridized carbons (Fsp3) is 0.133. The molecule has 0 aliphatic heterocycles. The number of aromatic nitrogens is 3. The van der Waals surface area contributed by atoms with Crippen molar-refractivity contribution < 1.29 is 19.1 Å². The van der Waals surface area contributed by atoms with Crippen molar-refractivity contribution in [2.75, 3.05) is 13.7 Å². The molecule has 5 aromatic rings. The summed E-state index contributed by atoms with van der Waals surface area (Å²) in [5.41, 5.74) is 5.17. The Morgan fingerprint density at radius 3 is 2.27 bits per heavy atom. The smallest absolute Gasteiger partial charge is 0.339 e. The topological polar surface area (TPSA) is 83.3 Å². The number of benzene rings is 3. The first-order valence-electron chi connectivity index (χ1n) is 11.8. The number of fused-ring (bicyclic) bond motifs is 1. The van der Waals surface area contributed by atoms with E-state index < -0.39 is 5.97 Å². The summed E-state index contributed by atoms with van der Waals surface area (Å²) in [6.45, 7) is 3.40. The van der Waals surface area contributed by atoms with E-state index in [9.17, 15) is 9.59 Å². The van der Waals surface area contributed by atoms with Crippen LogP contribution in [0.5, 0.6) is 5.75 Å². The zero-order valence-electron chi connectivity index (χ0n) is 20.8. The van der Waals surface area contributed by atoms with Crippen LogP contribution in [-0.4, -0.2) is 40.2 Å². The van der Waals surface area contributed by atoms with Crippen LogP contribution in [0.15, 0.2) is 84.9 Å². The van der Waals surface area contributed by atoms with Gasteiger partial charge in [0.05, 0.1) is 35.1 Å². The van der Waals surface area contributed by atoms with Gasteiger partial charge in [0.1, 0.15) is 5.75 Å². The number of carbonyl (C=O) groups is 2. The minimum absolute atomic E-state index is 0.272. The molecule has 0 amide bonds. The highest BCUT2D eigenvalue weighted by molar-refractivity contribution is 6.06. The number of pyridine rings is 1. The van der Waals surface area contributed by atoms with Gasteiger partial charge in [-0.15, -0.1) is 0 Å². The zero-order chi connectivity index (χ0) is 25.9. The molecule has 0 bridgehead atoms. The van der Waals surface area contributed by atoms with Gasteiger partial charge in [-0.05, 0) is 56.3 Å². The molecule has 3 aromatic carbocycles. The Labute approximate surface area is 214 Å². The number of hydrogen-bond donors (Lipinski definition) is 0. The summed E-state index contributed by atoms with van der Waals surface area (Å²) in [7, 11) is 1.60. The third-order valence-electron chi connectivity index (χ3n) is 6.13. The Morgan fingerprint density at radius 1 is 0.892 bits per heavy atom. The molecule has 0 saturated carbocycles. The van der Waals surface area contributed by atoms with Crippen LogP contribution < -0.4 is 4.74 Å². The Bertz CT molecular complexity index is 1590. The third kappa shape index (κ3) is 4.84. The Morgan fingerprint density at radius 2 is 1.59 bits per heavy atom. The van der Waals surface area contributed by atoms with E-state index in [1.165, 1.54) is 0 Å². The van der Waals surface area contributed by atoms with Gasteiger partial charge in [0.15, 0.2) is 18.0 Å². The van der Waals surface area contributed by atoms with E-state index in [0.717, 1.165) is 16.8 Å². The lowest BCUT2D eigenvalue weighted by Crippen LogP contribution is -2.15. The van der Waals surface area contributed by atoms with Crippen LogP contribution in [0, 0.1) is 13.8 Å². The van der Waals surface area contributed by atoms with E-state index in [1.807, 2.05) is 80.6 Å². The Balaban J connectivity index is 1.57. The number of aryl methyl sites for hydroxylation is 2. The number of Topliss-reactive ketones (excluding diaryl/α,β-unsaturated/α-hetero) is 1. The molecule has 184 valence electrons. The average molecular weight is 492 g/mol. The van der Waals surface area contributed by atoms with Crippen molar-refractivity contribution in [1.82, 2.24) is 14.8 Å². The highest BCUT2D eigenvalue weighted by Crippen LogP contribution is 2.30. The fourth-order valence-electron chi connectivity index (χ4n) is 4.14. The lowest BCUT2D eigenvalue weighted by atomic mass is 10.1. The molecule has 0 N–H and O–H groups in total. The number of ketones is 1. The number of ether oxygens (including phenoxy) is 2. The molecule has 7 heteroatoms. The fourth-order valence-corrected chi connectivity index (χ4v) is 4.14. The van der Waals surface area contributed by atoms with E-state index in [2.05, 4.69) is 5.10 Å². The maximum Gasteiger partial charge on any atom is 0.339 e. The molecule has 2 aromatic heterocycles. The summed E-state index contributed by atoms with van der Waals surface area (Å²) in [5, 5.41) is 5.25. The Kier molecular flexibility index (Phi) is 6.51. The molecule has 7 nitrogen and oxygen atoms in total. The monoisotopic (exact) mass is 491 g/mol. The second-order valence-corrected chi connectivity index (χ2v) is 8.68. The first-order chi connectivity index (χ1) is 17.9. The van der Waals surface area contributed by atoms with Crippen LogP contribution in [0.3, 0.4) is 0 Å². The van der Waals surface area contributed by atoms with Gasteiger partial charge >= 0.3 is 5.97 Å². The standard InChI is InChI=1S/C30H25N3O4/c1-19-9-11-22(12-10-19)27(34)18-37-30(35)25-17-26(21-13-15-24(36-3)16-14-21)31-29-28(25)20(2)32-33(29)23-7-5-4-6-8-23/h4-17H,18H2,1-3H3. The SMILES string of the molecule is COc1ccc(-c2cc(C(=O)OCC(=O)c3ccc(C)cc3)c3c(C)nn(-c4ccccc4)c3n2)cc1. The average Bonchev–Trinajstić information content (AvgIpc) is 3.28. The number of rotatable bonds is 7. The molecular formula is C30H25N3O4. The van der Waals surface area contributed by atoms with Crippen LogP contribution >= 0.6 is 0 Å². The second-order valence-electron chi connectivity index (χ2n) is 8.68. The molecule has 2 heterocycles. The third-order valence-corrected chi connectivity index (χ3v) is 6.13. The van der Waals surface area contributed by atoms with Gasteiger partial charge in [-0.25, -0.2) is 14.5 Å². The number of carbonyl (C=O) groups excluding carboxylic acids is 2. The van der Waals surface area contributed by atoms with E-state index in [-0.39, 0.29) is 12.4 Å².